The molecule has 27 heavy (non-hydrogen) atoms. The van der Waals surface area contributed by atoms with E-state index in [1.807, 2.05) is 6.92 Å². The normalized spacial score (nSPS) is 13.6. The minimum absolute atomic E-state index is 0.0362. The molecule has 0 fully saturated rings. The number of fused-ring (bicyclic) bond motifs is 3. The van der Waals surface area contributed by atoms with Gasteiger partial charge in [-0.1, -0.05) is 41.6 Å². The number of amides is 1. The van der Waals surface area contributed by atoms with E-state index in [9.17, 15) is 4.79 Å². The number of carbonyl (C=O) groups is 1. The quantitative estimate of drug-likeness (QED) is 0.505. The van der Waals surface area contributed by atoms with Gasteiger partial charge in [-0.05, 0) is 50.7 Å². The van der Waals surface area contributed by atoms with Gasteiger partial charge in [-0.2, -0.15) is 0 Å². The Morgan fingerprint density at radius 2 is 1.93 bits per heavy atom. The van der Waals surface area contributed by atoms with Crippen LogP contribution in [0.5, 0.6) is 0 Å². The summed E-state index contributed by atoms with van der Waals surface area (Å²) in [4.78, 5) is 24.2. The van der Waals surface area contributed by atoms with Crippen molar-refractivity contribution in [1.29, 1.82) is 0 Å². The number of thioether (sulfide) groups is 1. The van der Waals surface area contributed by atoms with Gasteiger partial charge < -0.3 is 5.32 Å². The van der Waals surface area contributed by atoms with E-state index in [1.165, 1.54) is 46.0 Å². The highest BCUT2D eigenvalue weighted by atomic mass is 32.2. The molecule has 1 aliphatic rings. The molecule has 0 atom stereocenters. The zero-order valence-corrected chi connectivity index (χ0v) is 17.3. The van der Waals surface area contributed by atoms with Crippen molar-refractivity contribution in [1.82, 2.24) is 15.3 Å². The van der Waals surface area contributed by atoms with E-state index in [-0.39, 0.29) is 5.91 Å². The molecule has 1 aromatic carbocycles. The Labute approximate surface area is 167 Å². The monoisotopic (exact) mass is 397 g/mol. The molecule has 4 nitrogen and oxygen atoms in total. The number of carbonyl (C=O) groups excluding carboxylic acids is 1. The van der Waals surface area contributed by atoms with Gasteiger partial charge in [0.25, 0.3) is 0 Å². The largest absolute Gasteiger partial charge is 0.351 e. The van der Waals surface area contributed by atoms with Crippen LogP contribution in [-0.2, 0) is 24.2 Å². The second-order valence-electron chi connectivity index (χ2n) is 7.02. The van der Waals surface area contributed by atoms with Gasteiger partial charge >= 0.3 is 0 Å². The molecule has 6 heteroatoms. The average Bonchev–Trinajstić information content (AvgIpc) is 3.03. The first kappa shape index (κ1) is 18.4. The second kappa shape index (κ2) is 7.98. The van der Waals surface area contributed by atoms with Crippen molar-refractivity contribution >= 4 is 39.2 Å². The lowest BCUT2D eigenvalue weighted by molar-refractivity contribution is -0.118. The van der Waals surface area contributed by atoms with Crippen LogP contribution in [0.1, 0.15) is 40.2 Å². The van der Waals surface area contributed by atoms with Crippen LogP contribution < -0.4 is 5.32 Å². The predicted molar refractivity (Wildman–Crippen MR) is 113 cm³/mol. The highest BCUT2D eigenvalue weighted by Gasteiger charge is 2.21. The molecule has 0 unspecified atom stereocenters. The van der Waals surface area contributed by atoms with E-state index < -0.39 is 0 Å². The Morgan fingerprint density at radius 1 is 1.15 bits per heavy atom. The van der Waals surface area contributed by atoms with Gasteiger partial charge in [0.05, 0.1) is 5.75 Å². The molecule has 140 valence electrons. The summed E-state index contributed by atoms with van der Waals surface area (Å²) < 4.78 is 0. The topological polar surface area (TPSA) is 54.9 Å². The van der Waals surface area contributed by atoms with E-state index in [4.69, 9.17) is 0 Å². The number of benzene rings is 1. The summed E-state index contributed by atoms with van der Waals surface area (Å²) in [5.74, 6) is 1.19. The molecular formula is C21H23N3OS2. The van der Waals surface area contributed by atoms with Crippen LogP contribution in [0.3, 0.4) is 0 Å². The van der Waals surface area contributed by atoms with Crippen LogP contribution in [0.4, 0.5) is 0 Å². The number of rotatable bonds is 5. The molecule has 0 saturated heterocycles. The van der Waals surface area contributed by atoms with Gasteiger partial charge in [0, 0.05) is 16.8 Å². The van der Waals surface area contributed by atoms with Crippen molar-refractivity contribution < 1.29 is 4.79 Å². The Morgan fingerprint density at radius 3 is 2.74 bits per heavy atom. The fraction of sp³-hybridized carbons (Fsp3) is 0.381. The molecule has 0 spiro atoms. The number of hydrogen-bond acceptors (Lipinski definition) is 5. The van der Waals surface area contributed by atoms with Gasteiger partial charge in [-0.3, -0.25) is 4.79 Å². The highest BCUT2D eigenvalue weighted by Crippen LogP contribution is 2.39. The number of aromatic nitrogens is 2. The lowest BCUT2D eigenvalue weighted by atomic mass is 9.97. The van der Waals surface area contributed by atoms with Gasteiger partial charge in [0.15, 0.2) is 0 Å². The lowest BCUT2D eigenvalue weighted by Gasteiger charge is -2.12. The first-order chi connectivity index (χ1) is 13.1. The summed E-state index contributed by atoms with van der Waals surface area (Å²) in [6, 6.07) is 8.24. The molecule has 1 amide bonds. The zero-order valence-electron chi connectivity index (χ0n) is 15.7. The third-order valence-electron chi connectivity index (χ3n) is 4.84. The minimum atomic E-state index is 0.0362. The van der Waals surface area contributed by atoms with Crippen molar-refractivity contribution in [3.63, 3.8) is 0 Å². The summed E-state index contributed by atoms with van der Waals surface area (Å²) in [6.45, 7) is 4.55. The van der Waals surface area contributed by atoms with Crippen LogP contribution in [-0.4, -0.2) is 21.6 Å². The SMILES string of the molecule is Cc1ccc(CNC(=O)CSc2nc(C)nc3sc4c(c23)CCCC4)cc1. The van der Waals surface area contributed by atoms with Gasteiger partial charge in [-0.15, -0.1) is 11.3 Å². The molecule has 1 aliphatic carbocycles. The van der Waals surface area contributed by atoms with Gasteiger partial charge in [-0.25, -0.2) is 9.97 Å². The van der Waals surface area contributed by atoms with Crippen molar-refractivity contribution in [2.45, 2.75) is 51.1 Å². The Kier molecular flexibility index (Phi) is 5.45. The molecule has 2 heterocycles. The second-order valence-corrected chi connectivity index (χ2v) is 9.07. The van der Waals surface area contributed by atoms with Crippen molar-refractivity contribution in [3.05, 3.63) is 51.7 Å². The Hall–Kier alpha value is -1.92. The van der Waals surface area contributed by atoms with E-state index in [2.05, 4.69) is 46.5 Å². The first-order valence-electron chi connectivity index (χ1n) is 9.34. The number of aryl methyl sites for hydroxylation is 4. The van der Waals surface area contributed by atoms with E-state index in [1.54, 1.807) is 11.3 Å². The fourth-order valence-electron chi connectivity index (χ4n) is 3.42. The number of thiophene rings is 1. The van der Waals surface area contributed by atoms with Gasteiger partial charge in [0.2, 0.25) is 5.91 Å². The molecule has 3 aromatic rings. The molecule has 0 saturated carbocycles. The van der Waals surface area contributed by atoms with E-state index >= 15 is 0 Å². The third kappa shape index (κ3) is 4.17. The number of nitrogens with zero attached hydrogens (tertiary/aromatic N) is 2. The first-order valence-corrected chi connectivity index (χ1v) is 11.1. The summed E-state index contributed by atoms with van der Waals surface area (Å²) >= 11 is 3.34. The third-order valence-corrected chi connectivity index (χ3v) is 7.00. The summed E-state index contributed by atoms with van der Waals surface area (Å²) in [6.07, 6.45) is 4.75. The molecule has 1 N–H and O–H groups in total. The summed E-state index contributed by atoms with van der Waals surface area (Å²) in [5, 5.41) is 5.16. The van der Waals surface area contributed by atoms with Crippen LogP contribution in [0.25, 0.3) is 10.2 Å². The number of hydrogen-bond donors (Lipinski definition) is 1. The van der Waals surface area contributed by atoms with Gasteiger partial charge in [0.1, 0.15) is 15.7 Å². The maximum atomic E-state index is 12.3. The molecular weight excluding hydrogens is 374 g/mol. The smallest absolute Gasteiger partial charge is 0.230 e. The van der Waals surface area contributed by atoms with E-state index in [0.717, 1.165) is 34.1 Å². The Balaban J connectivity index is 1.46. The highest BCUT2D eigenvalue weighted by molar-refractivity contribution is 8.00. The average molecular weight is 398 g/mol. The maximum Gasteiger partial charge on any atom is 0.230 e. The van der Waals surface area contributed by atoms with Crippen LogP contribution >= 0.6 is 23.1 Å². The maximum absolute atomic E-state index is 12.3. The molecule has 2 aromatic heterocycles. The van der Waals surface area contributed by atoms with Crippen molar-refractivity contribution in [2.24, 2.45) is 0 Å². The predicted octanol–water partition coefficient (Wildman–Crippen LogP) is 4.60. The van der Waals surface area contributed by atoms with Crippen LogP contribution in [0.2, 0.25) is 0 Å². The molecule has 0 radical (unpaired) electrons. The minimum Gasteiger partial charge on any atom is -0.351 e. The molecule has 0 bridgehead atoms. The van der Waals surface area contributed by atoms with E-state index in [0.29, 0.717) is 12.3 Å². The lowest BCUT2D eigenvalue weighted by Crippen LogP contribution is -2.24. The molecule has 4 rings (SSSR count). The van der Waals surface area contributed by atoms with Crippen molar-refractivity contribution in [2.75, 3.05) is 5.75 Å². The van der Waals surface area contributed by atoms with Crippen LogP contribution in [0, 0.1) is 13.8 Å². The Bertz CT molecular complexity index is 979. The fourth-order valence-corrected chi connectivity index (χ4v) is 5.72. The zero-order chi connectivity index (χ0) is 18.8. The summed E-state index contributed by atoms with van der Waals surface area (Å²) in [7, 11) is 0. The van der Waals surface area contributed by atoms with Crippen molar-refractivity contribution in [3.8, 4) is 0 Å². The standard InChI is InChI=1S/C21H23N3OS2/c1-13-7-9-15(10-8-13)11-22-18(25)12-26-20-19-16-5-3-4-6-17(16)27-21(19)24-14(2)23-20/h7-10H,3-6,11-12H2,1-2H3,(H,22,25). The number of nitrogens with one attached hydrogen (secondary N) is 1. The molecule has 0 aliphatic heterocycles. The van der Waals surface area contributed by atoms with Crippen LogP contribution in [0.15, 0.2) is 29.3 Å². The summed E-state index contributed by atoms with van der Waals surface area (Å²) in [5.41, 5.74) is 3.76.